The summed E-state index contributed by atoms with van der Waals surface area (Å²) in [5.41, 5.74) is 0.770. The molecule has 0 N–H and O–H groups in total. The van der Waals surface area contributed by atoms with E-state index in [4.69, 9.17) is 17.0 Å². The van der Waals surface area contributed by atoms with Crippen molar-refractivity contribution in [1.82, 2.24) is 9.88 Å². The summed E-state index contributed by atoms with van der Waals surface area (Å²) in [6.07, 6.45) is 8.54. The quantitative estimate of drug-likeness (QED) is 0.269. The predicted molar refractivity (Wildman–Crippen MR) is 119 cm³/mol. The molecule has 2 heterocycles. The Bertz CT molecular complexity index is 1000. The molecule has 1 aliphatic heterocycles. The molecule has 0 radical (unpaired) electrons. The lowest BCUT2D eigenvalue weighted by atomic mass is 9.94. The molecule has 1 saturated heterocycles. The third-order valence-corrected chi connectivity index (χ3v) is 6.43. The van der Waals surface area contributed by atoms with E-state index >= 15 is 0 Å². The van der Waals surface area contributed by atoms with E-state index in [-0.39, 0.29) is 23.5 Å². The van der Waals surface area contributed by atoms with Gasteiger partial charge in [-0.05, 0) is 36.6 Å². The number of hydrogen-bond donors (Lipinski definition) is 0. The monoisotopic (exact) mass is 441 g/mol. The number of thiocarbonyl (C=S) groups is 1. The average molecular weight is 442 g/mol. The molecule has 4 rings (SSSR count). The van der Waals surface area contributed by atoms with Gasteiger partial charge in [0.1, 0.15) is 16.3 Å². The van der Waals surface area contributed by atoms with E-state index in [1.165, 1.54) is 30.3 Å². The first kappa shape index (κ1) is 20.5. The van der Waals surface area contributed by atoms with Gasteiger partial charge >= 0.3 is 0 Å². The topological polar surface area (TPSA) is 85.6 Å². The van der Waals surface area contributed by atoms with Gasteiger partial charge < -0.3 is 4.74 Å². The minimum absolute atomic E-state index is 0.00712. The normalized spacial score (nSPS) is 18.8. The summed E-state index contributed by atoms with van der Waals surface area (Å²) in [4.78, 5) is 29.4. The van der Waals surface area contributed by atoms with Crippen LogP contribution in [0.4, 0.5) is 5.69 Å². The predicted octanol–water partition coefficient (Wildman–Crippen LogP) is 5.32. The highest BCUT2D eigenvalue weighted by atomic mass is 32.2. The fourth-order valence-electron chi connectivity index (χ4n) is 3.58. The van der Waals surface area contributed by atoms with Crippen LogP contribution in [0, 0.1) is 10.1 Å². The molecule has 0 unspecified atom stereocenters. The van der Waals surface area contributed by atoms with Crippen LogP contribution in [-0.2, 0) is 4.79 Å². The molecule has 9 heteroatoms. The fraction of sp³-hybridized carbons (Fsp3) is 0.286. The Morgan fingerprint density at radius 2 is 1.90 bits per heavy atom. The lowest BCUT2D eigenvalue weighted by Gasteiger charge is -2.29. The second kappa shape index (κ2) is 8.93. The van der Waals surface area contributed by atoms with Crippen LogP contribution >= 0.6 is 24.0 Å². The van der Waals surface area contributed by atoms with Crippen LogP contribution in [0.5, 0.6) is 11.6 Å². The van der Waals surface area contributed by atoms with Crippen molar-refractivity contribution in [3.05, 3.63) is 63.2 Å². The Kier molecular flexibility index (Phi) is 6.10. The minimum Gasteiger partial charge on any atom is -0.439 e. The molecule has 0 bridgehead atoms. The number of aromatic nitrogens is 1. The van der Waals surface area contributed by atoms with E-state index in [1.54, 1.807) is 17.0 Å². The molecule has 154 valence electrons. The summed E-state index contributed by atoms with van der Waals surface area (Å²) in [5.74, 6) is 0.803. The van der Waals surface area contributed by atoms with Gasteiger partial charge in [0.2, 0.25) is 5.88 Å². The first-order valence-corrected chi connectivity index (χ1v) is 10.9. The zero-order valence-electron chi connectivity index (χ0n) is 16.0. The molecule has 2 aromatic rings. The SMILES string of the molecule is O=C1/C(=C\c2ccc(Oc3ccc([N+](=O)[O-])cn3)cc2)SC(=S)N1C1CCCCC1. The smallest absolute Gasteiger partial charge is 0.287 e. The number of nitro groups is 1. The first-order chi connectivity index (χ1) is 14.5. The number of pyridine rings is 1. The Morgan fingerprint density at radius 1 is 1.17 bits per heavy atom. The van der Waals surface area contributed by atoms with E-state index in [9.17, 15) is 14.9 Å². The van der Waals surface area contributed by atoms with Crippen molar-refractivity contribution in [2.24, 2.45) is 0 Å². The van der Waals surface area contributed by atoms with E-state index < -0.39 is 4.92 Å². The van der Waals surface area contributed by atoms with Gasteiger partial charge in [0, 0.05) is 18.2 Å². The van der Waals surface area contributed by atoms with Crippen LogP contribution in [0.2, 0.25) is 0 Å². The molecule has 0 spiro atoms. The molecule has 2 aliphatic rings. The van der Waals surface area contributed by atoms with Crippen molar-refractivity contribution in [1.29, 1.82) is 0 Å². The number of carbonyl (C=O) groups excluding carboxylic acids is 1. The molecular weight excluding hydrogens is 422 g/mol. The average Bonchev–Trinajstić information content (AvgIpc) is 3.03. The van der Waals surface area contributed by atoms with Crippen molar-refractivity contribution >= 4 is 46.0 Å². The van der Waals surface area contributed by atoms with Gasteiger partial charge in [0.25, 0.3) is 11.6 Å². The van der Waals surface area contributed by atoms with Gasteiger partial charge in [0.05, 0.1) is 9.83 Å². The molecular formula is C21H19N3O4S2. The van der Waals surface area contributed by atoms with Gasteiger partial charge in [-0.3, -0.25) is 19.8 Å². The zero-order valence-corrected chi connectivity index (χ0v) is 17.7. The lowest BCUT2D eigenvalue weighted by molar-refractivity contribution is -0.385. The number of nitrogens with zero attached hydrogens (tertiary/aromatic N) is 3. The third-order valence-electron chi connectivity index (χ3n) is 5.10. The second-order valence-electron chi connectivity index (χ2n) is 7.13. The highest BCUT2D eigenvalue weighted by Gasteiger charge is 2.37. The third kappa shape index (κ3) is 4.52. The molecule has 7 nitrogen and oxygen atoms in total. The number of ether oxygens (including phenoxy) is 1. The molecule has 1 amide bonds. The summed E-state index contributed by atoms with van der Waals surface area (Å²) < 4.78 is 6.26. The van der Waals surface area contributed by atoms with E-state index in [2.05, 4.69) is 4.98 Å². The van der Waals surface area contributed by atoms with Gasteiger partial charge in [-0.1, -0.05) is 55.4 Å². The van der Waals surface area contributed by atoms with Gasteiger partial charge in [-0.25, -0.2) is 4.98 Å². The number of hydrogen-bond acceptors (Lipinski definition) is 7. The molecule has 1 saturated carbocycles. The fourth-order valence-corrected chi connectivity index (χ4v) is 4.98. The molecule has 1 aromatic carbocycles. The maximum Gasteiger partial charge on any atom is 0.287 e. The van der Waals surface area contributed by atoms with Crippen LogP contribution in [0.3, 0.4) is 0 Å². The molecule has 30 heavy (non-hydrogen) atoms. The minimum atomic E-state index is -0.511. The van der Waals surface area contributed by atoms with Crippen molar-refractivity contribution in [2.45, 2.75) is 38.1 Å². The standard InChI is InChI=1S/C21H19N3O4S2/c25-20-18(30-21(29)23(20)15-4-2-1-3-5-15)12-14-6-9-17(10-7-14)28-19-11-8-16(13-22-19)24(26)27/h6-13,15H,1-5H2/b18-12+. The molecule has 1 aliphatic carbocycles. The molecule has 1 aromatic heterocycles. The maximum atomic E-state index is 12.9. The van der Waals surface area contributed by atoms with Gasteiger partial charge in [-0.15, -0.1) is 0 Å². The number of benzene rings is 1. The summed E-state index contributed by atoms with van der Waals surface area (Å²) >= 11 is 6.82. The van der Waals surface area contributed by atoms with Crippen molar-refractivity contribution in [3.63, 3.8) is 0 Å². The van der Waals surface area contributed by atoms with Gasteiger partial charge in [0.15, 0.2) is 0 Å². The highest BCUT2D eigenvalue weighted by molar-refractivity contribution is 8.26. The number of carbonyl (C=O) groups is 1. The summed E-state index contributed by atoms with van der Waals surface area (Å²) in [5, 5.41) is 10.7. The van der Waals surface area contributed by atoms with Crippen LogP contribution < -0.4 is 4.74 Å². The largest absolute Gasteiger partial charge is 0.439 e. The lowest BCUT2D eigenvalue weighted by Crippen LogP contribution is -2.39. The van der Waals surface area contributed by atoms with Crippen molar-refractivity contribution in [2.75, 3.05) is 0 Å². The Labute approximate surface area is 183 Å². The molecule has 2 fully saturated rings. The summed E-state index contributed by atoms with van der Waals surface area (Å²) in [6.45, 7) is 0. The highest BCUT2D eigenvalue weighted by Crippen LogP contribution is 2.37. The zero-order chi connectivity index (χ0) is 21.1. The van der Waals surface area contributed by atoms with E-state index in [1.807, 2.05) is 18.2 Å². The van der Waals surface area contributed by atoms with Crippen LogP contribution in [0.15, 0.2) is 47.5 Å². The Balaban J connectivity index is 1.43. The number of rotatable bonds is 5. The van der Waals surface area contributed by atoms with Crippen molar-refractivity contribution in [3.8, 4) is 11.6 Å². The summed E-state index contributed by atoms with van der Waals surface area (Å²) in [7, 11) is 0. The van der Waals surface area contributed by atoms with Crippen molar-refractivity contribution < 1.29 is 14.5 Å². The van der Waals surface area contributed by atoms with E-state index in [0.717, 1.165) is 37.4 Å². The van der Waals surface area contributed by atoms with Crippen LogP contribution in [0.25, 0.3) is 6.08 Å². The van der Waals surface area contributed by atoms with E-state index in [0.29, 0.717) is 15.0 Å². The Morgan fingerprint density at radius 3 is 2.53 bits per heavy atom. The number of amides is 1. The first-order valence-electron chi connectivity index (χ1n) is 9.67. The summed E-state index contributed by atoms with van der Waals surface area (Å²) in [6, 6.07) is 10.2. The molecule has 0 atom stereocenters. The second-order valence-corrected chi connectivity index (χ2v) is 8.80. The van der Waals surface area contributed by atoms with Crippen LogP contribution in [0.1, 0.15) is 37.7 Å². The number of thioether (sulfide) groups is 1. The maximum absolute atomic E-state index is 12.9. The van der Waals surface area contributed by atoms with Gasteiger partial charge in [-0.2, -0.15) is 0 Å². The Hall–Kier alpha value is -2.78. The van der Waals surface area contributed by atoms with Crippen LogP contribution in [-0.4, -0.2) is 31.1 Å².